The molecule has 5 rings (SSSR count). The zero-order valence-corrected chi connectivity index (χ0v) is 20.7. The summed E-state index contributed by atoms with van der Waals surface area (Å²) in [5.41, 5.74) is 5.03. The average Bonchev–Trinajstić information content (AvgIpc) is 3.63. The number of benzene rings is 2. The van der Waals surface area contributed by atoms with E-state index >= 15 is 0 Å². The van der Waals surface area contributed by atoms with Gasteiger partial charge in [0.05, 0.1) is 4.90 Å². The van der Waals surface area contributed by atoms with E-state index < -0.39 is 10.0 Å². The minimum Gasteiger partial charge on any atom is -0.340 e. The van der Waals surface area contributed by atoms with E-state index in [1.165, 1.54) is 0 Å². The van der Waals surface area contributed by atoms with E-state index in [0.29, 0.717) is 35.9 Å². The van der Waals surface area contributed by atoms with E-state index in [9.17, 15) is 13.2 Å². The van der Waals surface area contributed by atoms with Gasteiger partial charge in [0.1, 0.15) is 5.82 Å². The first-order chi connectivity index (χ1) is 16.7. The molecule has 0 radical (unpaired) electrons. The first kappa shape index (κ1) is 23.3. The van der Waals surface area contributed by atoms with Crippen LogP contribution in [0.3, 0.4) is 0 Å². The molecule has 3 aromatic rings. The Morgan fingerprint density at radius 3 is 2.49 bits per heavy atom. The second-order valence-electron chi connectivity index (χ2n) is 9.15. The number of carbonyl (C=O) groups excluding carboxylic acids is 1. The van der Waals surface area contributed by atoms with Crippen LogP contribution in [0.1, 0.15) is 36.0 Å². The van der Waals surface area contributed by atoms with Crippen molar-refractivity contribution in [1.29, 1.82) is 0 Å². The number of nitrogens with one attached hydrogen (secondary N) is 3. The first-order valence-corrected chi connectivity index (χ1v) is 13.1. The van der Waals surface area contributed by atoms with Crippen LogP contribution in [0, 0.1) is 13.8 Å². The Hall–Kier alpha value is -3.50. The second kappa shape index (κ2) is 8.94. The zero-order valence-electron chi connectivity index (χ0n) is 19.9. The van der Waals surface area contributed by atoms with Crippen molar-refractivity contribution >= 4 is 44.8 Å². The summed E-state index contributed by atoms with van der Waals surface area (Å²) in [6.07, 6.45) is 4.67. The SMILES string of the molecule is Cc1ccc(Nc2ncc(C)c(Nc3ccc4c(c3)CCC(=O)N4C)n2)cc1S(=O)(=O)NC1CC1. The number of rotatable bonds is 7. The highest BCUT2D eigenvalue weighted by Crippen LogP contribution is 2.31. The number of hydrogen-bond donors (Lipinski definition) is 3. The lowest BCUT2D eigenvalue weighted by molar-refractivity contribution is -0.118. The lowest BCUT2D eigenvalue weighted by Crippen LogP contribution is -2.31. The smallest absolute Gasteiger partial charge is 0.241 e. The largest absolute Gasteiger partial charge is 0.340 e. The summed E-state index contributed by atoms with van der Waals surface area (Å²) in [5, 5.41) is 6.48. The zero-order chi connectivity index (χ0) is 24.7. The molecule has 1 aliphatic carbocycles. The molecule has 1 saturated carbocycles. The highest BCUT2D eigenvalue weighted by atomic mass is 32.2. The molecule has 0 saturated heterocycles. The summed E-state index contributed by atoms with van der Waals surface area (Å²) in [6.45, 7) is 3.69. The van der Waals surface area contributed by atoms with Crippen LogP contribution in [0.25, 0.3) is 0 Å². The number of fused-ring (bicyclic) bond motifs is 1. The molecule has 1 aromatic heterocycles. The van der Waals surface area contributed by atoms with Crippen molar-refractivity contribution in [3.63, 3.8) is 0 Å². The number of hydrogen-bond acceptors (Lipinski definition) is 7. The molecule has 9 nitrogen and oxygen atoms in total. The summed E-state index contributed by atoms with van der Waals surface area (Å²) in [7, 11) is -1.79. The number of sulfonamides is 1. The average molecular weight is 493 g/mol. The fourth-order valence-corrected chi connectivity index (χ4v) is 5.66. The molecule has 0 atom stereocenters. The minimum absolute atomic E-state index is 0.0366. The van der Waals surface area contributed by atoms with Gasteiger partial charge in [0.2, 0.25) is 21.9 Å². The number of aromatic nitrogens is 2. The maximum absolute atomic E-state index is 12.7. The molecule has 182 valence electrons. The predicted molar refractivity (Wildman–Crippen MR) is 136 cm³/mol. The van der Waals surface area contributed by atoms with Crippen LogP contribution in [0.5, 0.6) is 0 Å². The van der Waals surface area contributed by atoms with E-state index in [1.807, 2.05) is 31.2 Å². The third kappa shape index (κ3) is 4.98. The van der Waals surface area contributed by atoms with Crippen molar-refractivity contribution in [2.24, 2.45) is 0 Å². The van der Waals surface area contributed by atoms with Gasteiger partial charge in [-0.15, -0.1) is 0 Å². The van der Waals surface area contributed by atoms with Gasteiger partial charge in [-0.3, -0.25) is 4.79 Å². The van der Waals surface area contributed by atoms with Gasteiger partial charge in [-0.2, -0.15) is 4.98 Å². The molecule has 35 heavy (non-hydrogen) atoms. The standard InChI is InChI=1S/C25H28N6O3S/c1-15-4-6-20(13-22(15)35(33,34)30-18-7-8-18)28-25-26-14-16(2)24(29-25)27-19-9-10-21-17(12-19)5-11-23(32)31(21)3/h4,6,9-10,12-14,18,30H,5,7-8,11H2,1-3H3,(H2,26,27,28,29). The minimum atomic E-state index is -3.58. The summed E-state index contributed by atoms with van der Waals surface area (Å²) in [4.78, 5) is 22.9. The van der Waals surface area contributed by atoms with Crippen LogP contribution in [0.15, 0.2) is 47.5 Å². The van der Waals surface area contributed by atoms with Gasteiger partial charge in [0.25, 0.3) is 0 Å². The van der Waals surface area contributed by atoms with Gasteiger partial charge in [-0.25, -0.2) is 18.1 Å². The number of nitrogens with zero attached hydrogens (tertiary/aromatic N) is 3. The van der Waals surface area contributed by atoms with Crippen molar-refractivity contribution in [1.82, 2.24) is 14.7 Å². The second-order valence-corrected chi connectivity index (χ2v) is 10.8. The molecular formula is C25H28N6O3S. The summed E-state index contributed by atoms with van der Waals surface area (Å²) >= 11 is 0. The molecule has 0 spiro atoms. The van der Waals surface area contributed by atoms with Crippen LogP contribution in [0.2, 0.25) is 0 Å². The Bertz CT molecular complexity index is 1420. The highest BCUT2D eigenvalue weighted by Gasteiger charge is 2.29. The molecule has 0 bridgehead atoms. The van der Waals surface area contributed by atoms with E-state index in [2.05, 4.69) is 25.3 Å². The van der Waals surface area contributed by atoms with Crippen molar-refractivity contribution in [3.8, 4) is 0 Å². The fourth-order valence-electron chi connectivity index (χ4n) is 4.08. The van der Waals surface area contributed by atoms with E-state index in [1.54, 1.807) is 37.2 Å². The molecular weight excluding hydrogens is 464 g/mol. The molecule has 2 aromatic carbocycles. The van der Waals surface area contributed by atoms with Crippen LogP contribution in [-0.2, 0) is 21.2 Å². The maximum Gasteiger partial charge on any atom is 0.241 e. The quantitative estimate of drug-likeness (QED) is 0.458. The summed E-state index contributed by atoms with van der Waals surface area (Å²) in [5.74, 6) is 1.11. The molecule has 0 unspecified atom stereocenters. The monoisotopic (exact) mass is 492 g/mol. The molecule has 2 heterocycles. The van der Waals surface area contributed by atoms with Crippen molar-refractivity contribution in [3.05, 3.63) is 59.3 Å². The Kier molecular flexibility index (Phi) is 5.94. The van der Waals surface area contributed by atoms with Gasteiger partial charge in [0.15, 0.2) is 0 Å². The van der Waals surface area contributed by atoms with Crippen LogP contribution < -0.4 is 20.3 Å². The Labute approximate surface area is 205 Å². The van der Waals surface area contributed by atoms with E-state index in [-0.39, 0.29) is 16.8 Å². The number of amides is 1. The number of carbonyl (C=O) groups is 1. The third-order valence-corrected chi connectivity index (χ3v) is 7.95. The topological polar surface area (TPSA) is 116 Å². The van der Waals surface area contributed by atoms with Gasteiger partial charge < -0.3 is 15.5 Å². The first-order valence-electron chi connectivity index (χ1n) is 11.6. The Morgan fingerprint density at radius 2 is 1.71 bits per heavy atom. The molecule has 1 aliphatic heterocycles. The number of aryl methyl sites for hydroxylation is 3. The Balaban J connectivity index is 1.37. The normalized spacial score (nSPS) is 15.6. The van der Waals surface area contributed by atoms with Crippen LogP contribution in [0.4, 0.5) is 28.8 Å². The van der Waals surface area contributed by atoms with Crippen molar-refractivity contribution in [2.75, 3.05) is 22.6 Å². The molecule has 2 aliphatic rings. The molecule has 1 fully saturated rings. The van der Waals surface area contributed by atoms with E-state index in [0.717, 1.165) is 35.3 Å². The lowest BCUT2D eigenvalue weighted by Gasteiger charge is -2.26. The summed E-state index contributed by atoms with van der Waals surface area (Å²) in [6, 6.07) is 11.1. The van der Waals surface area contributed by atoms with Crippen molar-refractivity contribution < 1.29 is 13.2 Å². The maximum atomic E-state index is 12.7. The van der Waals surface area contributed by atoms with Crippen LogP contribution >= 0.6 is 0 Å². The van der Waals surface area contributed by atoms with Gasteiger partial charge in [0, 0.05) is 48.3 Å². The molecule has 1 amide bonds. The summed E-state index contributed by atoms with van der Waals surface area (Å²) < 4.78 is 28.2. The fraction of sp³-hybridized carbons (Fsp3) is 0.320. The van der Waals surface area contributed by atoms with E-state index in [4.69, 9.17) is 0 Å². The lowest BCUT2D eigenvalue weighted by atomic mass is 10.0. The predicted octanol–water partition coefficient (Wildman–Crippen LogP) is 3.93. The number of anilines is 5. The van der Waals surface area contributed by atoms with Gasteiger partial charge >= 0.3 is 0 Å². The molecule has 10 heteroatoms. The Morgan fingerprint density at radius 1 is 0.971 bits per heavy atom. The van der Waals surface area contributed by atoms with Crippen LogP contribution in [-0.4, -0.2) is 37.4 Å². The molecule has 3 N–H and O–H groups in total. The van der Waals surface area contributed by atoms with Gasteiger partial charge in [-0.05, 0) is 74.6 Å². The third-order valence-electron chi connectivity index (χ3n) is 6.29. The highest BCUT2D eigenvalue weighted by molar-refractivity contribution is 7.89. The van der Waals surface area contributed by atoms with Crippen molar-refractivity contribution in [2.45, 2.75) is 50.5 Å². The van der Waals surface area contributed by atoms with Gasteiger partial charge in [-0.1, -0.05) is 6.07 Å².